The van der Waals surface area contributed by atoms with Crippen molar-refractivity contribution >= 4 is 27.5 Å². The van der Waals surface area contributed by atoms with Crippen LogP contribution >= 0.6 is 0 Å². The zero-order chi connectivity index (χ0) is 17.8. The molecule has 1 aliphatic rings. The second-order valence-corrected chi connectivity index (χ2v) is 7.46. The molecule has 0 bridgehead atoms. The van der Waals surface area contributed by atoms with E-state index in [0.29, 0.717) is 18.4 Å². The number of hydrogen-bond donors (Lipinski definition) is 2. The number of fused-ring (bicyclic) bond motifs is 1. The first-order valence-corrected chi connectivity index (χ1v) is 9.82. The van der Waals surface area contributed by atoms with Crippen molar-refractivity contribution in [2.45, 2.75) is 19.8 Å². The van der Waals surface area contributed by atoms with E-state index in [2.05, 4.69) is 33.7 Å². The third-order valence-corrected chi connectivity index (χ3v) is 5.60. The predicted molar refractivity (Wildman–Crippen MR) is 101 cm³/mol. The molecule has 0 radical (unpaired) electrons. The predicted octanol–water partition coefficient (Wildman–Crippen LogP) is 2.21. The number of nitrogens with one attached hydrogen (secondary N) is 1. The Hall–Kier alpha value is -1.86. The van der Waals surface area contributed by atoms with Crippen molar-refractivity contribution in [2.24, 2.45) is 11.8 Å². The Bertz CT molecular complexity index is 793. The fourth-order valence-electron chi connectivity index (χ4n) is 3.61. The van der Waals surface area contributed by atoms with E-state index in [4.69, 9.17) is 4.74 Å². The second kappa shape index (κ2) is 8.01. The number of piperidine rings is 1. The molecule has 1 saturated heterocycles. The fraction of sp³-hybridized carbons (Fsp3) is 0.500. The molecule has 25 heavy (non-hydrogen) atoms. The van der Waals surface area contributed by atoms with Crippen molar-refractivity contribution in [3.8, 4) is 5.75 Å². The average Bonchev–Trinajstić information content (AvgIpc) is 2.65. The van der Waals surface area contributed by atoms with Crippen molar-refractivity contribution in [2.75, 3.05) is 31.6 Å². The van der Waals surface area contributed by atoms with Crippen LogP contribution < -0.4 is 14.4 Å². The van der Waals surface area contributed by atoms with Crippen LogP contribution in [0.15, 0.2) is 30.5 Å². The van der Waals surface area contributed by atoms with Crippen LogP contribution in [0.2, 0.25) is 0 Å². The summed E-state index contributed by atoms with van der Waals surface area (Å²) in [5.74, 6) is 1.72. The molecule has 1 N–H and O–H groups in total. The summed E-state index contributed by atoms with van der Waals surface area (Å²) >= 11 is 0. The van der Waals surface area contributed by atoms with E-state index in [-0.39, 0.29) is 0 Å². The lowest BCUT2D eigenvalue weighted by molar-refractivity contribution is 0.293. The van der Waals surface area contributed by atoms with Gasteiger partial charge in [-0.2, -0.15) is 0 Å². The molecule has 0 amide bonds. The fourth-order valence-corrected chi connectivity index (χ4v) is 4.05. The second-order valence-electron chi connectivity index (χ2n) is 6.63. The molecule has 3 rings (SSSR count). The summed E-state index contributed by atoms with van der Waals surface area (Å²) in [5.41, 5.74) is 2.15. The number of aromatic nitrogens is 1. The molecule has 7 heteroatoms. The topological polar surface area (TPSA) is 71.5 Å². The van der Waals surface area contributed by atoms with E-state index in [9.17, 15) is 8.42 Å². The molecular weight excluding hydrogens is 338 g/mol. The van der Waals surface area contributed by atoms with Crippen molar-refractivity contribution in [1.82, 2.24) is 9.71 Å². The van der Waals surface area contributed by atoms with Crippen molar-refractivity contribution in [3.63, 3.8) is 0 Å². The molecule has 1 aromatic carbocycles. The minimum atomic E-state index is -2.50. The molecule has 1 fully saturated rings. The summed E-state index contributed by atoms with van der Waals surface area (Å²) in [7, 11) is -0.839. The largest absolute Gasteiger partial charge is 0.497 e. The minimum absolute atomic E-state index is 0.355. The Morgan fingerprint density at radius 2 is 2.08 bits per heavy atom. The molecule has 1 atom stereocenters. The molecule has 2 heterocycles. The molecular formula is C18H25N3O3S. The monoisotopic (exact) mass is 363 g/mol. The maximum absolute atomic E-state index is 10.7. The van der Waals surface area contributed by atoms with Gasteiger partial charge in [0, 0.05) is 43.0 Å². The zero-order valence-electron chi connectivity index (χ0n) is 14.6. The van der Waals surface area contributed by atoms with Crippen molar-refractivity contribution in [3.05, 3.63) is 30.5 Å². The highest BCUT2D eigenvalue weighted by atomic mass is 32.2. The van der Waals surface area contributed by atoms with E-state index in [1.165, 1.54) is 5.69 Å². The van der Waals surface area contributed by atoms with Gasteiger partial charge in [0.05, 0.1) is 12.6 Å². The highest BCUT2D eigenvalue weighted by Gasteiger charge is 2.24. The van der Waals surface area contributed by atoms with Crippen LogP contribution in [0.3, 0.4) is 0 Å². The number of nitrogens with zero attached hydrogens (tertiary/aromatic N) is 2. The lowest BCUT2D eigenvalue weighted by Gasteiger charge is -2.36. The van der Waals surface area contributed by atoms with Gasteiger partial charge >= 0.3 is 0 Å². The summed E-state index contributed by atoms with van der Waals surface area (Å²) in [5, 5.41) is 1.14. The Morgan fingerprint density at radius 3 is 2.76 bits per heavy atom. The smallest absolute Gasteiger partial charge is 0.201 e. The minimum Gasteiger partial charge on any atom is -0.497 e. The zero-order valence-corrected chi connectivity index (χ0v) is 15.5. The van der Waals surface area contributed by atoms with E-state index >= 15 is 0 Å². The Kier molecular flexibility index (Phi) is 5.75. The summed E-state index contributed by atoms with van der Waals surface area (Å²) in [6.07, 6.45) is 3.98. The first-order valence-electron chi connectivity index (χ1n) is 8.64. The molecule has 0 spiro atoms. The SMILES string of the molecule is COc1ccc2c(N3CCC(C(C)CN[SH](=O)=O)CC3)ccnc2c1. The maximum atomic E-state index is 10.7. The molecule has 2 aromatic rings. The Labute approximate surface area is 150 Å². The van der Waals surface area contributed by atoms with E-state index in [1.54, 1.807) is 7.11 Å². The van der Waals surface area contributed by atoms with Gasteiger partial charge in [-0.1, -0.05) is 6.92 Å². The first kappa shape index (κ1) is 17.9. The molecule has 6 nitrogen and oxygen atoms in total. The Balaban J connectivity index is 1.70. The normalized spacial score (nSPS) is 17.2. The summed E-state index contributed by atoms with van der Waals surface area (Å²) < 4.78 is 29.2. The Morgan fingerprint density at radius 1 is 1.32 bits per heavy atom. The quantitative estimate of drug-likeness (QED) is 0.770. The van der Waals surface area contributed by atoms with Crippen LogP contribution in [0.4, 0.5) is 5.69 Å². The first-order chi connectivity index (χ1) is 12.1. The van der Waals surface area contributed by atoms with Crippen LogP contribution in [0.5, 0.6) is 5.75 Å². The molecule has 0 saturated carbocycles. The number of hydrogen-bond acceptors (Lipinski definition) is 5. The van der Waals surface area contributed by atoms with Gasteiger partial charge in [0.2, 0.25) is 10.9 Å². The van der Waals surface area contributed by atoms with Gasteiger partial charge in [-0.3, -0.25) is 4.98 Å². The maximum Gasteiger partial charge on any atom is 0.201 e. The number of methoxy groups -OCH3 is 1. The number of benzene rings is 1. The van der Waals surface area contributed by atoms with Crippen LogP contribution in [-0.4, -0.2) is 40.1 Å². The van der Waals surface area contributed by atoms with Gasteiger partial charge in [0.25, 0.3) is 0 Å². The van der Waals surface area contributed by atoms with Crippen LogP contribution in [0, 0.1) is 11.8 Å². The molecule has 1 aromatic heterocycles. The van der Waals surface area contributed by atoms with E-state index in [0.717, 1.165) is 42.6 Å². The van der Waals surface area contributed by atoms with E-state index in [1.807, 2.05) is 18.3 Å². The van der Waals surface area contributed by atoms with Crippen molar-refractivity contribution < 1.29 is 13.2 Å². The van der Waals surface area contributed by atoms with Gasteiger partial charge in [-0.15, -0.1) is 0 Å². The lowest BCUT2D eigenvalue weighted by atomic mass is 9.85. The standard InChI is InChI=1S/C18H25N3O3S/c1-13(12-20-25(22)23)14-6-9-21(10-7-14)18-5-8-19-17-11-15(24-2)3-4-16(17)18/h3-5,8,11,13-14,25H,6-7,9-10,12H2,1-2H3,(H,20,22,23). The number of pyridine rings is 1. The van der Waals surface area contributed by atoms with Crippen LogP contribution in [0.1, 0.15) is 19.8 Å². The van der Waals surface area contributed by atoms with Gasteiger partial charge in [0.15, 0.2) is 0 Å². The highest BCUT2D eigenvalue weighted by Crippen LogP contribution is 2.32. The number of ether oxygens (including phenoxy) is 1. The average molecular weight is 363 g/mol. The van der Waals surface area contributed by atoms with E-state index < -0.39 is 10.9 Å². The van der Waals surface area contributed by atoms with Crippen molar-refractivity contribution in [1.29, 1.82) is 0 Å². The summed E-state index contributed by atoms with van der Waals surface area (Å²) in [6.45, 7) is 4.61. The number of thiol groups is 1. The summed E-state index contributed by atoms with van der Waals surface area (Å²) in [6, 6.07) is 8.07. The molecule has 1 unspecified atom stereocenters. The number of anilines is 1. The lowest BCUT2D eigenvalue weighted by Crippen LogP contribution is -2.37. The third-order valence-electron chi connectivity index (χ3n) is 5.15. The van der Waals surface area contributed by atoms with Crippen LogP contribution in [0.25, 0.3) is 10.9 Å². The molecule has 1 aliphatic heterocycles. The van der Waals surface area contributed by atoms with Gasteiger partial charge < -0.3 is 9.64 Å². The van der Waals surface area contributed by atoms with Crippen LogP contribution in [-0.2, 0) is 10.9 Å². The molecule has 0 aliphatic carbocycles. The molecule has 136 valence electrons. The third kappa shape index (κ3) is 4.22. The highest BCUT2D eigenvalue weighted by molar-refractivity contribution is 7.70. The van der Waals surface area contributed by atoms with Gasteiger partial charge in [-0.05, 0) is 42.9 Å². The summed E-state index contributed by atoms with van der Waals surface area (Å²) in [4.78, 5) is 6.86. The van der Waals surface area contributed by atoms with Gasteiger partial charge in [-0.25, -0.2) is 13.1 Å². The number of rotatable bonds is 6. The van der Waals surface area contributed by atoms with Gasteiger partial charge in [0.1, 0.15) is 5.75 Å².